The summed E-state index contributed by atoms with van der Waals surface area (Å²) in [5.74, 6) is -0.993. The van der Waals surface area contributed by atoms with Crippen LogP contribution in [0.25, 0.3) is 0 Å². The summed E-state index contributed by atoms with van der Waals surface area (Å²) in [6.07, 6.45) is 0.851. The third kappa shape index (κ3) is 1.69. The predicted octanol–water partition coefficient (Wildman–Crippen LogP) is 0.637. The lowest BCUT2D eigenvalue weighted by Crippen LogP contribution is -2.04. The number of hydrogen-bond acceptors (Lipinski definition) is 2. The molecule has 0 aliphatic carbocycles. The van der Waals surface area contributed by atoms with Gasteiger partial charge in [-0.05, 0) is 11.6 Å². The Balaban J connectivity index is 3.07. The van der Waals surface area contributed by atoms with Crippen LogP contribution in [0.3, 0.4) is 0 Å². The summed E-state index contributed by atoms with van der Waals surface area (Å²) in [6.45, 7) is 0. The Bertz CT molecular complexity index is 307. The van der Waals surface area contributed by atoms with Crippen LogP contribution in [0.5, 0.6) is 0 Å². The normalized spacial score (nSPS) is 9.33. The van der Waals surface area contributed by atoms with Crippen LogP contribution in [0.1, 0.15) is 15.9 Å². The van der Waals surface area contributed by atoms with Crippen molar-refractivity contribution in [3.05, 3.63) is 35.4 Å². The quantitative estimate of drug-likeness (QED) is 0.610. The van der Waals surface area contributed by atoms with Gasteiger partial charge >= 0.3 is 0 Å². The molecule has 12 heavy (non-hydrogen) atoms. The molecule has 0 N–H and O–H groups in total. The zero-order valence-corrected chi connectivity index (χ0v) is 6.36. The first-order valence-corrected chi connectivity index (χ1v) is 3.50. The van der Waals surface area contributed by atoms with E-state index in [0.29, 0.717) is 11.8 Å². The van der Waals surface area contributed by atoms with Gasteiger partial charge in [-0.25, -0.2) is 0 Å². The van der Waals surface area contributed by atoms with E-state index in [9.17, 15) is 9.59 Å². The SMILES string of the molecule is [N]C(=O)c1ccccc1CC=O. The first kappa shape index (κ1) is 8.46. The fourth-order valence-electron chi connectivity index (χ4n) is 0.997. The number of rotatable bonds is 3. The van der Waals surface area contributed by atoms with E-state index >= 15 is 0 Å². The molecule has 60 valence electrons. The highest BCUT2D eigenvalue weighted by molar-refractivity contribution is 5.94. The van der Waals surface area contributed by atoms with Gasteiger partial charge in [0.15, 0.2) is 0 Å². The van der Waals surface area contributed by atoms with Gasteiger partial charge in [-0.15, -0.1) is 5.73 Å². The topological polar surface area (TPSA) is 56.4 Å². The summed E-state index contributed by atoms with van der Waals surface area (Å²) in [7, 11) is 0. The number of benzene rings is 1. The second-order valence-electron chi connectivity index (χ2n) is 2.33. The molecule has 0 saturated heterocycles. The maximum atomic E-state index is 10.6. The molecule has 1 amide bonds. The first-order chi connectivity index (χ1) is 5.75. The highest BCUT2D eigenvalue weighted by Crippen LogP contribution is 2.07. The molecule has 0 atom stereocenters. The average molecular weight is 161 g/mol. The molecule has 0 unspecified atom stereocenters. The van der Waals surface area contributed by atoms with Crippen LogP contribution in [0, 0.1) is 0 Å². The van der Waals surface area contributed by atoms with Crippen LogP contribution >= 0.6 is 0 Å². The molecular weight excluding hydrogens is 154 g/mol. The third-order valence-electron chi connectivity index (χ3n) is 1.55. The van der Waals surface area contributed by atoms with Crippen molar-refractivity contribution in [2.75, 3.05) is 0 Å². The number of carbonyl (C=O) groups excluding carboxylic acids is 2. The number of carbonyl (C=O) groups is 2. The van der Waals surface area contributed by atoms with Crippen molar-refractivity contribution < 1.29 is 9.59 Å². The second kappa shape index (κ2) is 3.67. The van der Waals surface area contributed by atoms with E-state index in [1.807, 2.05) is 0 Å². The fourth-order valence-corrected chi connectivity index (χ4v) is 0.997. The largest absolute Gasteiger partial charge is 0.303 e. The summed E-state index contributed by atoms with van der Waals surface area (Å²) in [4.78, 5) is 20.7. The molecule has 0 aliphatic rings. The minimum atomic E-state index is -0.993. The third-order valence-corrected chi connectivity index (χ3v) is 1.55. The van der Waals surface area contributed by atoms with Gasteiger partial charge in [-0.3, -0.25) is 4.79 Å². The van der Waals surface area contributed by atoms with E-state index in [2.05, 4.69) is 0 Å². The molecule has 0 heterocycles. The van der Waals surface area contributed by atoms with Gasteiger partial charge in [0.2, 0.25) is 0 Å². The molecule has 2 radical (unpaired) electrons. The maximum absolute atomic E-state index is 10.6. The molecule has 3 nitrogen and oxygen atoms in total. The Morgan fingerprint density at radius 1 is 1.42 bits per heavy atom. The van der Waals surface area contributed by atoms with E-state index in [-0.39, 0.29) is 12.0 Å². The summed E-state index contributed by atoms with van der Waals surface area (Å²) in [5, 5.41) is 0. The highest BCUT2D eigenvalue weighted by atomic mass is 16.1. The maximum Gasteiger partial charge on any atom is 0.295 e. The van der Waals surface area contributed by atoms with Gasteiger partial charge in [-0.2, -0.15) is 0 Å². The molecule has 0 saturated carbocycles. The number of amides is 1. The lowest BCUT2D eigenvalue weighted by atomic mass is 10.1. The highest BCUT2D eigenvalue weighted by Gasteiger charge is 2.07. The Kier molecular flexibility index (Phi) is 2.58. The van der Waals surface area contributed by atoms with Crippen molar-refractivity contribution in [2.45, 2.75) is 6.42 Å². The standard InChI is InChI=1S/C9H7NO2/c10-9(12)8-4-2-1-3-7(8)5-6-11/h1-4,6H,5H2. The smallest absolute Gasteiger partial charge is 0.295 e. The lowest BCUT2D eigenvalue weighted by Gasteiger charge is -1.99. The van der Waals surface area contributed by atoms with Crippen LogP contribution in [-0.4, -0.2) is 12.2 Å². The average Bonchev–Trinajstić information content (AvgIpc) is 2.05. The van der Waals surface area contributed by atoms with Crippen LogP contribution in [0.15, 0.2) is 24.3 Å². The minimum absolute atomic E-state index is 0.155. The molecule has 1 rings (SSSR count). The van der Waals surface area contributed by atoms with E-state index in [1.165, 1.54) is 6.07 Å². The Hall–Kier alpha value is -1.64. The fraction of sp³-hybridized carbons (Fsp3) is 0.111. The van der Waals surface area contributed by atoms with Crippen molar-refractivity contribution in [1.82, 2.24) is 5.73 Å². The molecule has 0 bridgehead atoms. The number of hydrogen-bond donors (Lipinski definition) is 0. The molecule has 1 aromatic carbocycles. The van der Waals surface area contributed by atoms with E-state index in [4.69, 9.17) is 5.73 Å². The van der Waals surface area contributed by atoms with Crippen LogP contribution in [0.2, 0.25) is 0 Å². The number of nitrogens with zero attached hydrogens (tertiary/aromatic N) is 1. The lowest BCUT2D eigenvalue weighted by molar-refractivity contribution is -0.107. The summed E-state index contributed by atoms with van der Waals surface area (Å²) in [5.41, 5.74) is 9.43. The summed E-state index contributed by atoms with van der Waals surface area (Å²) >= 11 is 0. The molecular formula is C9H7NO2. The minimum Gasteiger partial charge on any atom is -0.303 e. The van der Waals surface area contributed by atoms with Crippen LogP contribution in [-0.2, 0) is 11.2 Å². The monoisotopic (exact) mass is 161 g/mol. The molecule has 0 aromatic heterocycles. The van der Waals surface area contributed by atoms with E-state index in [1.54, 1.807) is 18.2 Å². The Labute approximate surface area is 70.2 Å². The number of aldehydes is 1. The first-order valence-electron chi connectivity index (χ1n) is 3.50. The molecule has 3 heteroatoms. The summed E-state index contributed by atoms with van der Waals surface area (Å²) in [6, 6.07) is 6.47. The van der Waals surface area contributed by atoms with E-state index < -0.39 is 5.91 Å². The zero-order chi connectivity index (χ0) is 8.97. The second-order valence-corrected chi connectivity index (χ2v) is 2.33. The van der Waals surface area contributed by atoms with E-state index in [0.717, 1.165) is 0 Å². The molecule has 0 aliphatic heterocycles. The van der Waals surface area contributed by atoms with Crippen LogP contribution in [0.4, 0.5) is 0 Å². The Morgan fingerprint density at radius 2 is 2.08 bits per heavy atom. The van der Waals surface area contributed by atoms with Crippen LogP contribution < -0.4 is 5.73 Å². The van der Waals surface area contributed by atoms with Gasteiger partial charge < -0.3 is 4.79 Å². The van der Waals surface area contributed by atoms with Gasteiger partial charge in [0.1, 0.15) is 6.29 Å². The molecule has 1 aromatic rings. The Morgan fingerprint density at radius 3 is 2.67 bits per heavy atom. The molecule has 0 spiro atoms. The van der Waals surface area contributed by atoms with Gasteiger partial charge in [0, 0.05) is 12.0 Å². The van der Waals surface area contributed by atoms with Crippen molar-refractivity contribution in [1.29, 1.82) is 0 Å². The van der Waals surface area contributed by atoms with Gasteiger partial charge in [0.25, 0.3) is 5.91 Å². The zero-order valence-electron chi connectivity index (χ0n) is 6.36. The van der Waals surface area contributed by atoms with Crippen molar-refractivity contribution in [3.63, 3.8) is 0 Å². The van der Waals surface area contributed by atoms with Crippen molar-refractivity contribution in [3.8, 4) is 0 Å². The van der Waals surface area contributed by atoms with Gasteiger partial charge in [-0.1, -0.05) is 18.2 Å². The van der Waals surface area contributed by atoms with Crippen molar-refractivity contribution in [2.24, 2.45) is 0 Å². The van der Waals surface area contributed by atoms with Gasteiger partial charge in [0.05, 0.1) is 0 Å². The molecule has 0 fully saturated rings. The van der Waals surface area contributed by atoms with Crippen molar-refractivity contribution >= 4 is 12.2 Å². The summed E-state index contributed by atoms with van der Waals surface area (Å²) < 4.78 is 0. The predicted molar refractivity (Wildman–Crippen MR) is 42.7 cm³/mol.